The van der Waals surface area contributed by atoms with Gasteiger partial charge in [-0.2, -0.15) is 0 Å². The van der Waals surface area contributed by atoms with E-state index in [4.69, 9.17) is 0 Å². The van der Waals surface area contributed by atoms with Gasteiger partial charge in [0.25, 0.3) is 0 Å². The van der Waals surface area contributed by atoms with Gasteiger partial charge in [-0.1, -0.05) is 0 Å². The van der Waals surface area contributed by atoms with Crippen LogP contribution in [0.25, 0.3) is 0 Å². The summed E-state index contributed by atoms with van der Waals surface area (Å²) in [4.78, 5) is 25.2. The summed E-state index contributed by atoms with van der Waals surface area (Å²) in [5, 5.41) is 5.78. The Labute approximate surface area is 161 Å². The predicted octanol–water partition coefficient (Wildman–Crippen LogP) is 0.859. The number of hydrogen-bond donors (Lipinski definition) is 2. The summed E-state index contributed by atoms with van der Waals surface area (Å²) in [5.74, 6) is 1.91. The number of nitrogens with zero attached hydrogens (tertiary/aromatic N) is 1. The van der Waals surface area contributed by atoms with Crippen LogP contribution in [0.2, 0.25) is 0 Å². The first-order chi connectivity index (χ1) is 12.7. The van der Waals surface area contributed by atoms with Crippen molar-refractivity contribution in [3.8, 4) is 0 Å². The molecule has 1 aliphatic heterocycles. The molecule has 2 N–H and O–H groups in total. The quantitative estimate of drug-likeness (QED) is 0.719. The molecule has 0 radical (unpaired) electrons. The van der Waals surface area contributed by atoms with E-state index in [9.17, 15) is 18.0 Å². The van der Waals surface area contributed by atoms with E-state index in [1.807, 2.05) is 0 Å². The minimum absolute atomic E-state index is 0.0179. The summed E-state index contributed by atoms with van der Waals surface area (Å²) >= 11 is 0. The van der Waals surface area contributed by atoms with Crippen molar-refractivity contribution in [2.45, 2.75) is 57.4 Å². The fraction of sp³-hybridized carbons (Fsp3) is 0.895. The first-order valence-corrected chi connectivity index (χ1v) is 12.1. The number of sulfonamides is 1. The zero-order valence-corrected chi connectivity index (χ0v) is 16.9. The van der Waals surface area contributed by atoms with E-state index in [2.05, 4.69) is 10.6 Å². The van der Waals surface area contributed by atoms with E-state index in [-0.39, 0.29) is 29.8 Å². The number of nitrogens with one attached hydrogen (secondary N) is 2. The lowest BCUT2D eigenvalue weighted by Gasteiger charge is -2.55. The first kappa shape index (κ1) is 19.2. The van der Waals surface area contributed by atoms with Crippen molar-refractivity contribution in [3.05, 3.63) is 0 Å². The van der Waals surface area contributed by atoms with Crippen LogP contribution in [0.15, 0.2) is 0 Å². The minimum atomic E-state index is -3.23. The van der Waals surface area contributed by atoms with Crippen molar-refractivity contribution in [3.63, 3.8) is 0 Å². The van der Waals surface area contributed by atoms with E-state index < -0.39 is 10.0 Å². The van der Waals surface area contributed by atoms with Crippen LogP contribution in [0.5, 0.6) is 0 Å². The summed E-state index contributed by atoms with van der Waals surface area (Å²) in [6, 6.07) is -0.183. The predicted molar refractivity (Wildman–Crippen MR) is 101 cm³/mol. The van der Waals surface area contributed by atoms with Gasteiger partial charge in [0.2, 0.25) is 21.8 Å². The molecule has 0 aromatic carbocycles. The second kappa shape index (κ2) is 7.03. The second-order valence-electron chi connectivity index (χ2n) is 9.41. The Bertz CT molecular complexity index is 685. The normalized spacial score (nSPS) is 38.6. The Morgan fingerprint density at radius 1 is 1.07 bits per heavy atom. The fourth-order valence-electron chi connectivity index (χ4n) is 6.38. The van der Waals surface area contributed by atoms with Gasteiger partial charge in [-0.15, -0.1) is 0 Å². The number of piperidine rings is 1. The zero-order chi connectivity index (χ0) is 19.2. The van der Waals surface area contributed by atoms with Crippen LogP contribution in [0.3, 0.4) is 0 Å². The summed E-state index contributed by atoms with van der Waals surface area (Å²) in [6.45, 7) is 0.803. The largest absolute Gasteiger partial charge is 0.351 e. The molecule has 5 fully saturated rings. The van der Waals surface area contributed by atoms with Crippen molar-refractivity contribution < 1.29 is 18.0 Å². The van der Waals surface area contributed by atoms with Crippen molar-refractivity contribution in [1.29, 1.82) is 0 Å². The molecule has 4 saturated carbocycles. The van der Waals surface area contributed by atoms with E-state index in [1.54, 1.807) is 0 Å². The Morgan fingerprint density at radius 3 is 2.22 bits per heavy atom. The van der Waals surface area contributed by atoms with Gasteiger partial charge in [-0.05, 0) is 69.1 Å². The number of carbonyl (C=O) groups excluding carboxylic acids is 2. The highest BCUT2D eigenvalue weighted by atomic mass is 32.2. The van der Waals surface area contributed by atoms with Gasteiger partial charge in [-0.3, -0.25) is 9.59 Å². The van der Waals surface area contributed by atoms with Crippen LogP contribution in [0.4, 0.5) is 0 Å². The number of rotatable bonds is 5. The second-order valence-corrected chi connectivity index (χ2v) is 11.4. The topological polar surface area (TPSA) is 95.6 Å². The third-order valence-corrected chi connectivity index (χ3v) is 8.42. The van der Waals surface area contributed by atoms with Gasteiger partial charge in [0, 0.05) is 24.5 Å². The third-order valence-electron chi connectivity index (χ3n) is 7.15. The molecule has 0 aromatic rings. The van der Waals surface area contributed by atoms with E-state index in [1.165, 1.54) is 29.8 Å². The molecule has 0 aromatic heterocycles. The van der Waals surface area contributed by atoms with Crippen LogP contribution in [-0.4, -0.2) is 56.5 Å². The lowest BCUT2D eigenvalue weighted by molar-refractivity contribution is -0.147. The molecule has 27 heavy (non-hydrogen) atoms. The zero-order valence-electron chi connectivity index (χ0n) is 16.1. The molecule has 7 nitrogen and oxygen atoms in total. The van der Waals surface area contributed by atoms with Gasteiger partial charge >= 0.3 is 0 Å². The Hall–Kier alpha value is -1.15. The minimum Gasteiger partial charge on any atom is -0.351 e. The summed E-state index contributed by atoms with van der Waals surface area (Å²) in [5.41, 5.74) is -0.243. The van der Waals surface area contributed by atoms with Crippen molar-refractivity contribution in [2.24, 2.45) is 23.2 Å². The van der Waals surface area contributed by atoms with Crippen molar-refractivity contribution >= 4 is 21.8 Å². The number of carbonyl (C=O) groups is 2. The molecule has 1 saturated heterocycles. The first-order valence-electron chi connectivity index (χ1n) is 10.3. The summed E-state index contributed by atoms with van der Waals surface area (Å²) in [7, 11) is -3.23. The van der Waals surface area contributed by atoms with Crippen molar-refractivity contribution in [1.82, 2.24) is 14.9 Å². The van der Waals surface area contributed by atoms with Gasteiger partial charge in [0.15, 0.2) is 0 Å². The van der Waals surface area contributed by atoms with Crippen LogP contribution >= 0.6 is 0 Å². The Morgan fingerprint density at radius 2 is 1.67 bits per heavy atom. The molecule has 1 unspecified atom stereocenters. The van der Waals surface area contributed by atoms with Gasteiger partial charge in [-0.25, -0.2) is 12.7 Å². The summed E-state index contributed by atoms with van der Waals surface area (Å²) in [6.07, 6.45) is 9.50. The molecule has 152 valence electrons. The fourth-order valence-corrected chi connectivity index (χ4v) is 7.29. The van der Waals surface area contributed by atoms with Gasteiger partial charge in [0.1, 0.15) is 0 Å². The van der Waals surface area contributed by atoms with Crippen LogP contribution in [0, 0.1) is 23.2 Å². The molecule has 0 spiro atoms. The third kappa shape index (κ3) is 4.01. The highest BCUT2D eigenvalue weighted by molar-refractivity contribution is 7.88. The van der Waals surface area contributed by atoms with Crippen LogP contribution in [0.1, 0.15) is 51.4 Å². The smallest absolute Gasteiger partial charge is 0.239 e. The molecule has 4 bridgehead atoms. The van der Waals surface area contributed by atoms with Crippen LogP contribution in [-0.2, 0) is 19.6 Å². The maximum Gasteiger partial charge on any atom is 0.239 e. The number of amides is 2. The highest BCUT2D eigenvalue weighted by Gasteiger charge is 2.54. The summed E-state index contributed by atoms with van der Waals surface area (Å²) < 4.78 is 24.8. The number of hydrogen-bond acceptors (Lipinski definition) is 4. The van der Waals surface area contributed by atoms with Crippen molar-refractivity contribution in [2.75, 3.05) is 25.9 Å². The maximum absolute atomic E-state index is 12.9. The lowest BCUT2D eigenvalue weighted by Crippen LogP contribution is -2.55. The maximum atomic E-state index is 12.9. The van der Waals surface area contributed by atoms with Gasteiger partial charge in [0.05, 0.1) is 12.8 Å². The molecule has 5 aliphatic rings. The molecule has 2 amide bonds. The SMILES string of the molecule is CS(=O)(=O)N1CCCC(NC(=O)CNC(=O)C23CC4CC(CC(C4)C2)C3)C1. The monoisotopic (exact) mass is 397 g/mol. The standard InChI is InChI=1S/C19H31N3O4S/c1-27(25,26)22-4-2-3-16(12-22)21-17(23)11-20-18(24)19-8-13-5-14(9-19)7-15(6-13)10-19/h13-16H,2-12H2,1H3,(H,20,24)(H,21,23). The average molecular weight is 398 g/mol. The Balaban J connectivity index is 1.28. The molecule has 1 heterocycles. The van der Waals surface area contributed by atoms with E-state index in [0.29, 0.717) is 30.8 Å². The molecular formula is C19H31N3O4S. The Kier molecular flexibility index (Phi) is 4.99. The molecule has 1 atom stereocenters. The van der Waals surface area contributed by atoms with E-state index in [0.717, 1.165) is 32.1 Å². The lowest BCUT2D eigenvalue weighted by atomic mass is 9.49. The highest BCUT2D eigenvalue weighted by Crippen LogP contribution is 2.60. The van der Waals surface area contributed by atoms with E-state index >= 15 is 0 Å². The molecular weight excluding hydrogens is 366 g/mol. The van der Waals surface area contributed by atoms with Crippen LogP contribution < -0.4 is 10.6 Å². The average Bonchev–Trinajstić information content (AvgIpc) is 2.58. The molecule has 8 heteroatoms. The van der Waals surface area contributed by atoms with Gasteiger partial charge < -0.3 is 10.6 Å². The molecule has 5 rings (SSSR count). The molecule has 4 aliphatic carbocycles.